The van der Waals surface area contributed by atoms with E-state index in [1.165, 1.54) is 16.7 Å². The molecule has 1 saturated heterocycles. The Hall–Kier alpha value is -2.73. The molecule has 0 aliphatic carbocycles. The van der Waals surface area contributed by atoms with E-state index < -0.39 is 0 Å². The molecule has 0 bridgehead atoms. The van der Waals surface area contributed by atoms with Gasteiger partial charge in [-0.1, -0.05) is 23.8 Å². The van der Waals surface area contributed by atoms with Gasteiger partial charge in [-0.2, -0.15) is 5.10 Å². The molecule has 0 saturated carbocycles. The SMILES string of the molecule is Cc1ccc(C(C)N2CCN(C(=O)c3cc4nc(C)cc(C)n4n3)CC2)c(C)c1. The van der Waals surface area contributed by atoms with Gasteiger partial charge in [-0.05, 0) is 51.8 Å². The zero-order valence-corrected chi connectivity index (χ0v) is 17.9. The van der Waals surface area contributed by atoms with Crippen molar-refractivity contribution in [2.75, 3.05) is 26.2 Å². The fourth-order valence-corrected chi connectivity index (χ4v) is 4.36. The summed E-state index contributed by atoms with van der Waals surface area (Å²) >= 11 is 0. The first-order chi connectivity index (χ1) is 13.8. The Bertz CT molecular complexity index is 1060. The zero-order chi connectivity index (χ0) is 20.7. The van der Waals surface area contributed by atoms with Gasteiger partial charge in [-0.25, -0.2) is 9.50 Å². The highest BCUT2D eigenvalue weighted by atomic mass is 16.2. The Kier molecular flexibility index (Phi) is 5.13. The largest absolute Gasteiger partial charge is 0.335 e. The minimum absolute atomic E-state index is 0.00799. The summed E-state index contributed by atoms with van der Waals surface area (Å²) < 4.78 is 1.75. The Balaban J connectivity index is 1.45. The highest BCUT2D eigenvalue weighted by Crippen LogP contribution is 2.25. The second-order valence-electron chi connectivity index (χ2n) is 8.20. The van der Waals surface area contributed by atoms with Crippen LogP contribution in [0.1, 0.15) is 51.5 Å². The predicted molar refractivity (Wildman–Crippen MR) is 114 cm³/mol. The number of carbonyl (C=O) groups excluding carboxylic acids is 1. The molecule has 1 fully saturated rings. The molecule has 1 unspecified atom stereocenters. The summed E-state index contributed by atoms with van der Waals surface area (Å²) in [6.45, 7) is 13.7. The summed E-state index contributed by atoms with van der Waals surface area (Å²) in [6, 6.07) is 10.8. The molecule has 1 atom stereocenters. The summed E-state index contributed by atoms with van der Waals surface area (Å²) in [4.78, 5) is 21.9. The molecule has 29 heavy (non-hydrogen) atoms. The van der Waals surface area contributed by atoms with Crippen LogP contribution in [0.4, 0.5) is 0 Å². The molecule has 1 amide bonds. The van der Waals surface area contributed by atoms with Gasteiger partial charge in [0.2, 0.25) is 0 Å². The van der Waals surface area contributed by atoms with Crippen molar-refractivity contribution in [1.29, 1.82) is 0 Å². The van der Waals surface area contributed by atoms with Crippen molar-refractivity contribution < 1.29 is 4.79 Å². The minimum atomic E-state index is -0.00799. The number of hydrogen-bond acceptors (Lipinski definition) is 4. The lowest BCUT2D eigenvalue weighted by Crippen LogP contribution is -2.49. The maximum absolute atomic E-state index is 13.0. The van der Waals surface area contributed by atoms with Crippen molar-refractivity contribution in [3.8, 4) is 0 Å². The van der Waals surface area contributed by atoms with E-state index in [0.29, 0.717) is 24.8 Å². The number of amides is 1. The number of hydrogen-bond donors (Lipinski definition) is 0. The third kappa shape index (κ3) is 3.77. The van der Waals surface area contributed by atoms with Crippen molar-refractivity contribution in [3.63, 3.8) is 0 Å². The lowest BCUT2D eigenvalue weighted by atomic mass is 9.98. The van der Waals surface area contributed by atoms with Crippen LogP contribution in [-0.4, -0.2) is 56.5 Å². The Morgan fingerprint density at radius 1 is 1.00 bits per heavy atom. The van der Waals surface area contributed by atoms with Crippen LogP contribution < -0.4 is 0 Å². The van der Waals surface area contributed by atoms with E-state index in [1.807, 2.05) is 24.8 Å². The van der Waals surface area contributed by atoms with Crippen molar-refractivity contribution in [2.45, 2.75) is 40.7 Å². The Morgan fingerprint density at radius 2 is 1.72 bits per heavy atom. The maximum atomic E-state index is 13.0. The standard InChI is InChI=1S/C23H29N5O/c1-15-6-7-20(16(2)12-15)19(5)26-8-10-27(11-9-26)23(29)21-14-22-24-17(3)13-18(4)28(22)25-21/h6-7,12-14,19H,8-11H2,1-5H3. The Labute approximate surface area is 172 Å². The number of benzene rings is 1. The van der Waals surface area contributed by atoms with Gasteiger partial charge >= 0.3 is 0 Å². The monoisotopic (exact) mass is 391 g/mol. The number of piperazine rings is 1. The molecule has 2 aromatic heterocycles. The molecule has 3 heterocycles. The number of nitrogens with zero attached hydrogens (tertiary/aromatic N) is 5. The maximum Gasteiger partial charge on any atom is 0.274 e. The lowest BCUT2D eigenvalue weighted by molar-refractivity contribution is 0.0576. The molecular formula is C23H29N5O. The summed E-state index contributed by atoms with van der Waals surface area (Å²) in [5.41, 5.74) is 7.12. The van der Waals surface area contributed by atoms with Crippen molar-refractivity contribution in [3.05, 3.63) is 64.1 Å². The normalized spacial score (nSPS) is 16.4. The van der Waals surface area contributed by atoms with Crippen LogP contribution in [0.15, 0.2) is 30.3 Å². The van der Waals surface area contributed by atoms with Crippen LogP contribution in [-0.2, 0) is 0 Å². The number of carbonyl (C=O) groups is 1. The smallest absolute Gasteiger partial charge is 0.274 e. The predicted octanol–water partition coefficient (Wildman–Crippen LogP) is 3.48. The molecule has 4 rings (SSSR count). The van der Waals surface area contributed by atoms with Crippen molar-refractivity contribution in [1.82, 2.24) is 24.4 Å². The van der Waals surface area contributed by atoms with E-state index in [4.69, 9.17) is 0 Å². The van der Waals surface area contributed by atoms with Gasteiger partial charge in [0.1, 0.15) is 0 Å². The third-order valence-electron chi connectivity index (χ3n) is 5.98. The number of aryl methyl sites for hydroxylation is 4. The van der Waals surface area contributed by atoms with Crippen molar-refractivity contribution in [2.24, 2.45) is 0 Å². The van der Waals surface area contributed by atoms with Crippen LogP contribution in [0.5, 0.6) is 0 Å². The van der Waals surface area contributed by atoms with E-state index in [9.17, 15) is 4.79 Å². The summed E-state index contributed by atoms with van der Waals surface area (Å²) in [5.74, 6) is -0.00799. The van der Waals surface area contributed by atoms with Crippen LogP contribution in [0, 0.1) is 27.7 Å². The average Bonchev–Trinajstić information content (AvgIpc) is 3.11. The summed E-state index contributed by atoms with van der Waals surface area (Å²) in [6.07, 6.45) is 0. The average molecular weight is 392 g/mol. The number of aromatic nitrogens is 3. The molecular weight excluding hydrogens is 362 g/mol. The number of fused-ring (bicyclic) bond motifs is 1. The van der Waals surface area contributed by atoms with Gasteiger partial charge in [0.05, 0.1) is 0 Å². The highest BCUT2D eigenvalue weighted by Gasteiger charge is 2.27. The molecule has 1 aliphatic heterocycles. The fraction of sp³-hybridized carbons (Fsp3) is 0.435. The van der Waals surface area contributed by atoms with Gasteiger partial charge in [-0.3, -0.25) is 9.69 Å². The second kappa shape index (κ2) is 7.59. The molecule has 3 aromatic rings. The first-order valence-electron chi connectivity index (χ1n) is 10.3. The lowest BCUT2D eigenvalue weighted by Gasteiger charge is -2.38. The number of rotatable bonds is 3. The first-order valence-corrected chi connectivity index (χ1v) is 10.3. The van der Waals surface area contributed by atoms with E-state index >= 15 is 0 Å². The van der Waals surface area contributed by atoms with E-state index in [0.717, 1.165) is 30.1 Å². The molecule has 1 aliphatic rings. The second-order valence-corrected chi connectivity index (χ2v) is 8.20. The van der Waals surface area contributed by atoms with E-state index in [1.54, 1.807) is 10.6 Å². The van der Waals surface area contributed by atoms with Gasteiger partial charge in [-0.15, -0.1) is 0 Å². The van der Waals surface area contributed by atoms with Crippen LogP contribution in [0.3, 0.4) is 0 Å². The molecule has 6 heteroatoms. The van der Waals surface area contributed by atoms with Crippen LogP contribution in [0.2, 0.25) is 0 Å². The van der Waals surface area contributed by atoms with Crippen LogP contribution >= 0.6 is 0 Å². The molecule has 152 valence electrons. The van der Waals surface area contributed by atoms with E-state index in [-0.39, 0.29) is 5.91 Å². The molecule has 6 nitrogen and oxygen atoms in total. The zero-order valence-electron chi connectivity index (χ0n) is 17.9. The van der Waals surface area contributed by atoms with Gasteiger partial charge in [0.15, 0.2) is 11.3 Å². The minimum Gasteiger partial charge on any atom is -0.335 e. The first kappa shape index (κ1) is 19.6. The van der Waals surface area contributed by atoms with Gasteiger partial charge in [0.25, 0.3) is 5.91 Å². The summed E-state index contributed by atoms with van der Waals surface area (Å²) in [5, 5.41) is 4.50. The summed E-state index contributed by atoms with van der Waals surface area (Å²) in [7, 11) is 0. The highest BCUT2D eigenvalue weighted by molar-refractivity contribution is 5.93. The third-order valence-corrected chi connectivity index (χ3v) is 5.98. The topological polar surface area (TPSA) is 53.7 Å². The van der Waals surface area contributed by atoms with Gasteiger partial charge < -0.3 is 4.90 Å². The molecule has 1 aromatic carbocycles. The Morgan fingerprint density at radius 3 is 2.41 bits per heavy atom. The molecule has 0 radical (unpaired) electrons. The molecule has 0 spiro atoms. The van der Waals surface area contributed by atoms with E-state index in [2.05, 4.69) is 54.0 Å². The van der Waals surface area contributed by atoms with Crippen molar-refractivity contribution >= 4 is 11.6 Å². The van der Waals surface area contributed by atoms with Gasteiger partial charge in [0, 0.05) is 49.7 Å². The quantitative estimate of drug-likeness (QED) is 0.686. The fourth-order valence-electron chi connectivity index (χ4n) is 4.36. The molecule has 0 N–H and O–H groups in total. The van der Waals surface area contributed by atoms with Crippen LogP contribution in [0.25, 0.3) is 5.65 Å².